The Morgan fingerprint density at radius 1 is 1.44 bits per heavy atom. The largest absolute Gasteiger partial charge is 0.481 e. The predicted molar refractivity (Wildman–Crippen MR) is 75.0 cm³/mol. The van der Waals surface area contributed by atoms with Gasteiger partial charge in [-0.2, -0.15) is 0 Å². The second-order valence-electron chi connectivity index (χ2n) is 4.52. The lowest BCUT2D eigenvalue weighted by Gasteiger charge is -2.25. The minimum atomic E-state index is -0.745. The van der Waals surface area contributed by atoms with E-state index in [1.807, 2.05) is 12.1 Å². The Labute approximate surface area is 115 Å². The SMILES string of the molecule is O=C(O)CC1CN(c2ccc(Br)cc2)CCCN1. The van der Waals surface area contributed by atoms with Crippen molar-refractivity contribution < 1.29 is 9.90 Å². The number of carboxylic acids is 1. The van der Waals surface area contributed by atoms with Crippen molar-refractivity contribution >= 4 is 27.6 Å². The van der Waals surface area contributed by atoms with E-state index in [9.17, 15) is 4.79 Å². The van der Waals surface area contributed by atoms with Crippen LogP contribution in [0.5, 0.6) is 0 Å². The number of nitrogens with zero attached hydrogens (tertiary/aromatic N) is 1. The van der Waals surface area contributed by atoms with Crippen molar-refractivity contribution in [3.63, 3.8) is 0 Å². The van der Waals surface area contributed by atoms with Gasteiger partial charge in [-0.05, 0) is 37.2 Å². The van der Waals surface area contributed by atoms with Gasteiger partial charge in [0.25, 0.3) is 0 Å². The fourth-order valence-corrected chi connectivity index (χ4v) is 2.50. The number of aliphatic carboxylic acids is 1. The molecule has 98 valence electrons. The first kappa shape index (κ1) is 13.4. The smallest absolute Gasteiger partial charge is 0.304 e. The van der Waals surface area contributed by atoms with Crippen LogP contribution in [0.4, 0.5) is 5.69 Å². The zero-order valence-electron chi connectivity index (χ0n) is 10.1. The standard InChI is InChI=1S/C13H17BrN2O2/c14-10-2-4-12(5-3-10)16-7-1-6-15-11(9-16)8-13(17)18/h2-5,11,15H,1,6-9H2,(H,17,18). The fourth-order valence-electron chi connectivity index (χ4n) is 2.23. The van der Waals surface area contributed by atoms with E-state index in [2.05, 4.69) is 38.3 Å². The average Bonchev–Trinajstić information content (AvgIpc) is 2.55. The van der Waals surface area contributed by atoms with E-state index in [4.69, 9.17) is 5.11 Å². The molecule has 1 unspecified atom stereocenters. The third-order valence-corrected chi connectivity index (χ3v) is 3.62. The summed E-state index contributed by atoms with van der Waals surface area (Å²) in [7, 11) is 0. The van der Waals surface area contributed by atoms with Crippen molar-refractivity contribution in [1.82, 2.24) is 5.32 Å². The maximum Gasteiger partial charge on any atom is 0.304 e. The quantitative estimate of drug-likeness (QED) is 0.897. The molecule has 0 saturated carbocycles. The molecule has 1 aromatic rings. The zero-order valence-corrected chi connectivity index (χ0v) is 11.7. The molecule has 0 aliphatic carbocycles. The first-order chi connectivity index (χ1) is 8.65. The van der Waals surface area contributed by atoms with E-state index in [-0.39, 0.29) is 12.5 Å². The Kier molecular flexibility index (Phi) is 4.60. The second kappa shape index (κ2) is 6.20. The van der Waals surface area contributed by atoms with Crippen molar-refractivity contribution in [2.75, 3.05) is 24.5 Å². The van der Waals surface area contributed by atoms with Gasteiger partial charge in [0.2, 0.25) is 0 Å². The van der Waals surface area contributed by atoms with Gasteiger partial charge in [0.15, 0.2) is 0 Å². The molecule has 0 bridgehead atoms. The number of benzene rings is 1. The molecule has 0 spiro atoms. The first-order valence-corrected chi connectivity index (χ1v) is 6.90. The van der Waals surface area contributed by atoms with Crippen LogP contribution in [-0.2, 0) is 4.79 Å². The molecular weight excluding hydrogens is 296 g/mol. The Hall–Kier alpha value is -1.07. The lowest BCUT2D eigenvalue weighted by molar-refractivity contribution is -0.137. The first-order valence-electron chi connectivity index (χ1n) is 6.11. The highest BCUT2D eigenvalue weighted by Gasteiger charge is 2.20. The van der Waals surface area contributed by atoms with E-state index >= 15 is 0 Å². The predicted octanol–water partition coefficient (Wildman–Crippen LogP) is 2.09. The van der Waals surface area contributed by atoms with Crippen molar-refractivity contribution in [1.29, 1.82) is 0 Å². The van der Waals surface area contributed by atoms with Crippen LogP contribution in [0.15, 0.2) is 28.7 Å². The van der Waals surface area contributed by atoms with Gasteiger partial charge in [0, 0.05) is 29.3 Å². The Bertz CT molecular complexity index is 408. The van der Waals surface area contributed by atoms with E-state index in [0.29, 0.717) is 0 Å². The molecule has 2 rings (SSSR count). The molecule has 1 atom stereocenters. The van der Waals surface area contributed by atoms with Crippen molar-refractivity contribution in [2.24, 2.45) is 0 Å². The minimum Gasteiger partial charge on any atom is -0.481 e. The lowest BCUT2D eigenvalue weighted by atomic mass is 10.2. The highest BCUT2D eigenvalue weighted by atomic mass is 79.9. The molecule has 5 heteroatoms. The summed E-state index contributed by atoms with van der Waals surface area (Å²) in [5, 5.41) is 12.2. The van der Waals surface area contributed by atoms with Gasteiger partial charge in [0.05, 0.1) is 6.42 Å². The summed E-state index contributed by atoms with van der Waals surface area (Å²) >= 11 is 3.42. The zero-order chi connectivity index (χ0) is 13.0. The number of rotatable bonds is 3. The highest BCUT2D eigenvalue weighted by molar-refractivity contribution is 9.10. The van der Waals surface area contributed by atoms with Crippen LogP contribution in [0.25, 0.3) is 0 Å². The summed E-state index contributed by atoms with van der Waals surface area (Å²) in [5.41, 5.74) is 1.15. The van der Waals surface area contributed by atoms with Gasteiger partial charge in [-0.3, -0.25) is 4.79 Å². The molecule has 0 aromatic heterocycles. The summed E-state index contributed by atoms with van der Waals surface area (Å²) in [6, 6.07) is 8.17. The second-order valence-corrected chi connectivity index (χ2v) is 5.44. The van der Waals surface area contributed by atoms with Crippen LogP contribution in [0.2, 0.25) is 0 Å². The third kappa shape index (κ3) is 3.71. The maximum atomic E-state index is 10.8. The molecule has 4 nitrogen and oxygen atoms in total. The van der Waals surface area contributed by atoms with Gasteiger partial charge in [-0.1, -0.05) is 15.9 Å². The van der Waals surface area contributed by atoms with E-state index in [1.54, 1.807) is 0 Å². The Morgan fingerprint density at radius 2 is 2.17 bits per heavy atom. The molecule has 0 amide bonds. The van der Waals surface area contributed by atoms with Crippen LogP contribution in [0.1, 0.15) is 12.8 Å². The van der Waals surface area contributed by atoms with Gasteiger partial charge < -0.3 is 15.3 Å². The van der Waals surface area contributed by atoms with Crippen LogP contribution in [0.3, 0.4) is 0 Å². The molecule has 1 aromatic carbocycles. The van der Waals surface area contributed by atoms with Crippen molar-refractivity contribution in [2.45, 2.75) is 18.9 Å². The number of hydrogen-bond donors (Lipinski definition) is 2. The minimum absolute atomic E-state index is 0.0219. The molecule has 1 aliphatic heterocycles. The van der Waals surface area contributed by atoms with Crippen LogP contribution in [-0.4, -0.2) is 36.8 Å². The van der Waals surface area contributed by atoms with Gasteiger partial charge in [-0.15, -0.1) is 0 Å². The number of hydrogen-bond acceptors (Lipinski definition) is 3. The molecular formula is C13H17BrN2O2. The Morgan fingerprint density at radius 3 is 2.83 bits per heavy atom. The summed E-state index contributed by atoms with van der Waals surface area (Å²) in [6.07, 6.45) is 1.21. The highest BCUT2D eigenvalue weighted by Crippen LogP contribution is 2.20. The van der Waals surface area contributed by atoms with E-state index in [1.165, 1.54) is 0 Å². The molecule has 1 heterocycles. The molecule has 1 saturated heterocycles. The molecule has 0 radical (unpaired) electrons. The third-order valence-electron chi connectivity index (χ3n) is 3.09. The lowest BCUT2D eigenvalue weighted by Crippen LogP contribution is -2.39. The average molecular weight is 313 g/mol. The maximum absolute atomic E-state index is 10.8. The summed E-state index contributed by atoms with van der Waals surface area (Å²) in [4.78, 5) is 13.1. The monoisotopic (exact) mass is 312 g/mol. The molecule has 2 N–H and O–H groups in total. The number of anilines is 1. The topological polar surface area (TPSA) is 52.6 Å². The summed E-state index contributed by atoms with van der Waals surface area (Å²) < 4.78 is 1.06. The molecule has 1 fully saturated rings. The fraction of sp³-hybridized carbons (Fsp3) is 0.462. The number of nitrogens with one attached hydrogen (secondary N) is 1. The van der Waals surface area contributed by atoms with Crippen molar-refractivity contribution in [3.8, 4) is 0 Å². The Balaban J connectivity index is 2.06. The van der Waals surface area contributed by atoms with E-state index < -0.39 is 5.97 Å². The van der Waals surface area contributed by atoms with Gasteiger partial charge in [0.1, 0.15) is 0 Å². The number of carboxylic acid groups (broad SMARTS) is 1. The van der Waals surface area contributed by atoms with Crippen molar-refractivity contribution in [3.05, 3.63) is 28.7 Å². The molecule has 1 aliphatic rings. The summed E-state index contributed by atoms with van der Waals surface area (Å²) in [6.45, 7) is 2.59. The molecule has 18 heavy (non-hydrogen) atoms. The van der Waals surface area contributed by atoms with Crippen LogP contribution < -0.4 is 10.2 Å². The van der Waals surface area contributed by atoms with E-state index in [0.717, 1.165) is 36.2 Å². The number of carbonyl (C=O) groups is 1. The summed E-state index contributed by atoms with van der Waals surface area (Å²) in [5.74, 6) is -0.745. The number of halogens is 1. The van der Waals surface area contributed by atoms with Crippen LogP contribution in [0, 0.1) is 0 Å². The van der Waals surface area contributed by atoms with Gasteiger partial charge in [-0.25, -0.2) is 0 Å². The normalized spacial score (nSPS) is 20.5. The van der Waals surface area contributed by atoms with Gasteiger partial charge >= 0.3 is 5.97 Å². The van der Waals surface area contributed by atoms with Crippen LogP contribution >= 0.6 is 15.9 Å².